The Morgan fingerprint density at radius 2 is 2.20 bits per heavy atom. The average molecular weight is 288 g/mol. The Hall–Kier alpha value is -1.01. The van der Waals surface area contributed by atoms with Gasteiger partial charge in [-0.3, -0.25) is 0 Å². The quantitative estimate of drug-likeness (QED) is 0.922. The van der Waals surface area contributed by atoms with E-state index >= 15 is 0 Å². The highest BCUT2D eigenvalue weighted by Gasteiger charge is 2.07. The molecule has 2 aromatic rings. The van der Waals surface area contributed by atoms with Crippen molar-refractivity contribution in [3.63, 3.8) is 0 Å². The molecule has 1 N–H and O–H groups in total. The zero-order valence-electron chi connectivity index (χ0n) is 7.79. The van der Waals surface area contributed by atoms with Crippen molar-refractivity contribution < 1.29 is 4.39 Å². The predicted molar refractivity (Wildman–Crippen MR) is 62.5 cm³/mol. The van der Waals surface area contributed by atoms with E-state index < -0.39 is 0 Å². The van der Waals surface area contributed by atoms with Gasteiger partial charge in [0, 0.05) is 28.6 Å². The van der Waals surface area contributed by atoms with Crippen molar-refractivity contribution >= 4 is 32.6 Å². The van der Waals surface area contributed by atoms with Gasteiger partial charge in [-0.15, -0.1) is 0 Å². The van der Waals surface area contributed by atoms with E-state index in [0.717, 1.165) is 0 Å². The first kappa shape index (κ1) is 10.5. The minimum atomic E-state index is -0.305. The van der Waals surface area contributed by atoms with Crippen LogP contribution < -0.4 is 5.32 Å². The maximum Gasteiger partial charge on any atom is 0.202 e. The molecule has 0 bridgehead atoms. The first-order valence-electron chi connectivity index (χ1n) is 4.17. The Morgan fingerprint density at radius 3 is 2.80 bits per heavy atom. The lowest BCUT2D eigenvalue weighted by molar-refractivity contribution is 0.627. The maximum atomic E-state index is 13.1. The number of hydrogen-bond donors (Lipinski definition) is 1. The van der Waals surface area contributed by atoms with Gasteiger partial charge in [0.05, 0.1) is 0 Å². The molecule has 0 saturated heterocycles. The van der Waals surface area contributed by atoms with Crippen LogP contribution in [0.5, 0.6) is 0 Å². The summed E-state index contributed by atoms with van der Waals surface area (Å²) in [6, 6.07) is 4.59. The summed E-state index contributed by atoms with van der Waals surface area (Å²) in [4.78, 5) is 4.19. The van der Waals surface area contributed by atoms with Crippen LogP contribution in [-0.2, 0) is 0 Å². The second kappa shape index (κ2) is 4.24. The summed E-state index contributed by atoms with van der Waals surface area (Å²) >= 11 is 4.47. The zero-order chi connectivity index (χ0) is 10.8. The second-order valence-electron chi connectivity index (χ2n) is 2.83. The summed E-state index contributed by atoms with van der Waals surface area (Å²) in [5.41, 5.74) is 0.666. The van der Waals surface area contributed by atoms with Gasteiger partial charge >= 0.3 is 0 Å². The standard InChI is InChI=1S/C9H7BrFN3S/c1-12-9-13-8(14-15-9)5-2-6(10)4-7(11)3-5/h2-4H,1H3,(H,12,13,14). The number of anilines is 1. The molecule has 78 valence electrons. The van der Waals surface area contributed by atoms with Gasteiger partial charge in [0.25, 0.3) is 0 Å². The molecular formula is C9H7BrFN3S. The number of nitrogens with one attached hydrogen (secondary N) is 1. The normalized spacial score (nSPS) is 10.3. The third-order valence-electron chi connectivity index (χ3n) is 1.76. The highest BCUT2D eigenvalue weighted by Crippen LogP contribution is 2.24. The minimum Gasteiger partial charge on any atom is -0.363 e. The largest absolute Gasteiger partial charge is 0.363 e. The van der Waals surface area contributed by atoms with Gasteiger partial charge in [0.2, 0.25) is 5.13 Å². The highest BCUT2D eigenvalue weighted by atomic mass is 79.9. The summed E-state index contributed by atoms with van der Waals surface area (Å²) in [5.74, 6) is 0.227. The van der Waals surface area contributed by atoms with Crippen LogP contribution in [0.3, 0.4) is 0 Å². The molecule has 1 heterocycles. The van der Waals surface area contributed by atoms with Crippen LogP contribution >= 0.6 is 27.5 Å². The Bertz CT molecular complexity index is 466. The van der Waals surface area contributed by atoms with Crippen molar-refractivity contribution in [1.29, 1.82) is 0 Å². The molecule has 0 saturated carbocycles. The molecule has 1 aromatic heterocycles. The van der Waals surface area contributed by atoms with E-state index in [1.54, 1.807) is 13.1 Å². The number of rotatable bonds is 2. The molecule has 2 rings (SSSR count). The monoisotopic (exact) mass is 287 g/mol. The van der Waals surface area contributed by atoms with Crippen molar-refractivity contribution in [3.05, 3.63) is 28.5 Å². The predicted octanol–water partition coefficient (Wildman–Crippen LogP) is 3.15. The lowest BCUT2D eigenvalue weighted by atomic mass is 10.2. The molecule has 0 aliphatic carbocycles. The van der Waals surface area contributed by atoms with Crippen molar-refractivity contribution in [1.82, 2.24) is 9.36 Å². The highest BCUT2D eigenvalue weighted by molar-refractivity contribution is 9.10. The van der Waals surface area contributed by atoms with Gasteiger partial charge in [-0.25, -0.2) is 4.39 Å². The number of nitrogens with zero attached hydrogens (tertiary/aromatic N) is 2. The Labute approximate surface area is 98.7 Å². The summed E-state index contributed by atoms with van der Waals surface area (Å²) < 4.78 is 17.9. The first-order chi connectivity index (χ1) is 7.19. The molecule has 0 atom stereocenters. The van der Waals surface area contributed by atoms with E-state index in [-0.39, 0.29) is 5.82 Å². The third kappa shape index (κ3) is 2.32. The summed E-state index contributed by atoms with van der Waals surface area (Å²) in [7, 11) is 1.77. The van der Waals surface area contributed by atoms with Crippen molar-refractivity contribution in [2.75, 3.05) is 12.4 Å². The van der Waals surface area contributed by atoms with Crippen molar-refractivity contribution in [3.8, 4) is 11.4 Å². The topological polar surface area (TPSA) is 37.8 Å². The van der Waals surface area contributed by atoms with Gasteiger partial charge in [-0.2, -0.15) is 9.36 Å². The van der Waals surface area contributed by atoms with Gasteiger partial charge in [-0.05, 0) is 18.2 Å². The van der Waals surface area contributed by atoms with E-state index in [1.165, 1.54) is 23.7 Å². The van der Waals surface area contributed by atoms with Crippen LogP contribution in [0.1, 0.15) is 0 Å². The summed E-state index contributed by atoms with van der Waals surface area (Å²) in [6.45, 7) is 0. The van der Waals surface area contributed by atoms with Crippen molar-refractivity contribution in [2.24, 2.45) is 0 Å². The van der Waals surface area contributed by atoms with E-state index in [1.807, 2.05) is 0 Å². The van der Waals surface area contributed by atoms with Gasteiger partial charge in [0.1, 0.15) is 5.82 Å². The first-order valence-corrected chi connectivity index (χ1v) is 5.73. The fourth-order valence-electron chi connectivity index (χ4n) is 1.13. The lowest BCUT2D eigenvalue weighted by Gasteiger charge is -1.97. The van der Waals surface area contributed by atoms with Gasteiger partial charge < -0.3 is 5.32 Å². The molecule has 1 aromatic carbocycles. The Morgan fingerprint density at radius 1 is 1.40 bits per heavy atom. The van der Waals surface area contributed by atoms with E-state index in [0.29, 0.717) is 21.0 Å². The number of benzene rings is 1. The second-order valence-corrected chi connectivity index (χ2v) is 4.50. The fourth-order valence-corrected chi connectivity index (χ4v) is 2.13. The lowest BCUT2D eigenvalue weighted by Crippen LogP contribution is -1.87. The fraction of sp³-hybridized carbons (Fsp3) is 0.111. The average Bonchev–Trinajstić information content (AvgIpc) is 2.64. The van der Waals surface area contributed by atoms with Crippen LogP contribution in [0, 0.1) is 5.82 Å². The zero-order valence-corrected chi connectivity index (χ0v) is 10.2. The summed E-state index contributed by atoms with van der Waals surface area (Å²) in [5, 5.41) is 3.60. The van der Waals surface area contributed by atoms with Crippen LogP contribution in [0.4, 0.5) is 9.52 Å². The molecule has 0 unspecified atom stereocenters. The molecular weight excluding hydrogens is 281 g/mol. The van der Waals surface area contributed by atoms with E-state index in [9.17, 15) is 4.39 Å². The van der Waals surface area contributed by atoms with Crippen LogP contribution in [0.25, 0.3) is 11.4 Å². The Balaban J connectivity index is 2.44. The molecule has 0 aliphatic rings. The number of halogens is 2. The van der Waals surface area contributed by atoms with Gasteiger partial charge in [-0.1, -0.05) is 15.9 Å². The number of hydrogen-bond acceptors (Lipinski definition) is 4. The summed E-state index contributed by atoms with van der Waals surface area (Å²) in [6.07, 6.45) is 0. The van der Waals surface area contributed by atoms with E-state index in [2.05, 4.69) is 30.6 Å². The smallest absolute Gasteiger partial charge is 0.202 e. The number of aromatic nitrogens is 2. The molecule has 6 heteroatoms. The minimum absolute atomic E-state index is 0.305. The molecule has 15 heavy (non-hydrogen) atoms. The maximum absolute atomic E-state index is 13.1. The third-order valence-corrected chi connectivity index (χ3v) is 2.95. The SMILES string of the molecule is CNc1nc(-c2cc(F)cc(Br)c2)ns1. The van der Waals surface area contributed by atoms with E-state index in [4.69, 9.17) is 0 Å². The van der Waals surface area contributed by atoms with Crippen LogP contribution in [0.15, 0.2) is 22.7 Å². The van der Waals surface area contributed by atoms with Gasteiger partial charge in [0.15, 0.2) is 5.82 Å². The van der Waals surface area contributed by atoms with Crippen LogP contribution in [-0.4, -0.2) is 16.4 Å². The molecule has 0 aliphatic heterocycles. The Kier molecular flexibility index (Phi) is 2.97. The molecule has 0 radical (unpaired) electrons. The molecule has 3 nitrogen and oxygen atoms in total. The van der Waals surface area contributed by atoms with Crippen molar-refractivity contribution in [2.45, 2.75) is 0 Å². The molecule has 0 spiro atoms. The molecule has 0 fully saturated rings. The van der Waals surface area contributed by atoms with Crippen LogP contribution in [0.2, 0.25) is 0 Å². The molecule has 0 amide bonds.